The van der Waals surface area contributed by atoms with Crippen LogP contribution in [0.2, 0.25) is 0 Å². The van der Waals surface area contributed by atoms with Crippen molar-refractivity contribution in [3.63, 3.8) is 0 Å². The Morgan fingerprint density at radius 2 is 0.788 bits per heavy atom. The minimum absolute atomic E-state index is 0. The van der Waals surface area contributed by atoms with Gasteiger partial charge in [-0.2, -0.15) is 0 Å². The summed E-state index contributed by atoms with van der Waals surface area (Å²) in [5.74, 6) is 0. The van der Waals surface area contributed by atoms with E-state index in [2.05, 4.69) is 113 Å². The Labute approximate surface area is 227 Å². The number of rotatable bonds is 0. The van der Waals surface area contributed by atoms with Crippen LogP contribution in [0.4, 0.5) is 0 Å². The molecule has 0 aliphatic carbocycles. The molecule has 0 N–H and O–H groups in total. The van der Waals surface area contributed by atoms with Gasteiger partial charge in [0.2, 0.25) is 0 Å². The predicted octanol–water partition coefficient (Wildman–Crippen LogP) is 2.66. The Balaban J connectivity index is 0.000000214. The molecule has 0 radical (unpaired) electrons. The summed E-state index contributed by atoms with van der Waals surface area (Å²) in [4.78, 5) is 0. The van der Waals surface area contributed by atoms with Crippen molar-refractivity contribution in [3.8, 4) is 0 Å². The van der Waals surface area contributed by atoms with E-state index in [-0.39, 0.29) is 51.0 Å². The van der Waals surface area contributed by atoms with E-state index in [9.17, 15) is 0 Å². The van der Waals surface area contributed by atoms with Gasteiger partial charge in [-0.3, -0.25) is 0 Å². The first-order valence-corrected chi connectivity index (χ1v) is 10.6. The van der Waals surface area contributed by atoms with Crippen LogP contribution in [0.1, 0.15) is 22.3 Å². The van der Waals surface area contributed by atoms with Crippen molar-refractivity contribution in [2.75, 3.05) is 0 Å². The number of aryl methyl sites for hydroxylation is 4. The van der Waals surface area contributed by atoms with Gasteiger partial charge >= 0.3 is 26.2 Å². The second-order valence-corrected chi connectivity index (χ2v) is 8.44. The Bertz CT molecular complexity index is 1420. The third kappa shape index (κ3) is 4.83. The zero-order valence-electron chi connectivity index (χ0n) is 19.3. The first-order chi connectivity index (χ1) is 14.5. The maximum absolute atomic E-state index is 2.30. The number of benzene rings is 4. The Morgan fingerprint density at radius 1 is 0.455 bits per heavy atom. The van der Waals surface area contributed by atoms with E-state index in [1.807, 2.05) is 0 Å². The summed E-state index contributed by atoms with van der Waals surface area (Å²) >= 11 is 0. The first kappa shape index (κ1) is 27.3. The zero-order valence-corrected chi connectivity index (χ0v) is 23.3. The summed E-state index contributed by atoms with van der Waals surface area (Å²) in [5.41, 5.74) is 5.48. The van der Waals surface area contributed by atoms with Crippen LogP contribution < -0.4 is 24.8 Å². The number of hydrogen-bond donors (Lipinski definition) is 0. The van der Waals surface area contributed by atoms with E-state index >= 15 is 0 Å². The smallest absolute Gasteiger partial charge is 1.00 e. The number of hydrogen-bond acceptors (Lipinski definition) is 0. The van der Waals surface area contributed by atoms with E-state index in [4.69, 9.17) is 0 Å². The molecular formula is C30H26Cl2Zr. The van der Waals surface area contributed by atoms with Crippen molar-refractivity contribution in [1.29, 1.82) is 0 Å². The monoisotopic (exact) mass is 546 g/mol. The van der Waals surface area contributed by atoms with Crippen LogP contribution in [-0.2, 0) is 26.2 Å². The first-order valence-electron chi connectivity index (χ1n) is 10.6. The van der Waals surface area contributed by atoms with Gasteiger partial charge in [0, 0.05) is 0 Å². The van der Waals surface area contributed by atoms with Crippen LogP contribution in [0.15, 0.2) is 84.9 Å². The summed E-state index contributed by atoms with van der Waals surface area (Å²) < 4.78 is 0. The normalized spacial score (nSPS) is 10.3. The maximum Gasteiger partial charge on any atom is 4.00 e. The molecule has 6 rings (SSSR count). The fourth-order valence-electron chi connectivity index (χ4n) is 4.76. The van der Waals surface area contributed by atoms with Crippen molar-refractivity contribution in [3.05, 3.63) is 107 Å². The summed E-state index contributed by atoms with van der Waals surface area (Å²) in [6.07, 6.45) is 0. The summed E-state index contributed by atoms with van der Waals surface area (Å²) in [6, 6.07) is 30.7. The van der Waals surface area contributed by atoms with Crippen molar-refractivity contribution >= 4 is 43.1 Å². The Hall–Kier alpha value is -1.92. The average molecular weight is 549 g/mol. The van der Waals surface area contributed by atoms with Gasteiger partial charge in [-0.1, -0.05) is 85.6 Å². The predicted molar refractivity (Wildman–Crippen MR) is 133 cm³/mol. The van der Waals surface area contributed by atoms with Gasteiger partial charge < -0.3 is 24.8 Å². The molecule has 0 saturated heterocycles. The molecule has 0 saturated carbocycles. The van der Waals surface area contributed by atoms with Gasteiger partial charge in [-0.25, -0.2) is 0 Å². The van der Waals surface area contributed by atoms with Crippen LogP contribution >= 0.6 is 0 Å². The molecule has 0 spiro atoms. The van der Waals surface area contributed by atoms with E-state index in [0.29, 0.717) is 0 Å². The van der Waals surface area contributed by atoms with Crippen molar-refractivity contribution in [2.24, 2.45) is 0 Å². The number of fused-ring (bicyclic) bond motifs is 6. The van der Waals surface area contributed by atoms with Gasteiger partial charge in [-0.15, -0.1) is 78.5 Å². The third-order valence-corrected chi connectivity index (χ3v) is 6.40. The average Bonchev–Trinajstić information content (AvgIpc) is 3.34. The van der Waals surface area contributed by atoms with Gasteiger partial charge in [0.05, 0.1) is 0 Å². The summed E-state index contributed by atoms with van der Waals surface area (Å²) in [7, 11) is 0. The van der Waals surface area contributed by atoms with Gasteiger partial charge in [0.1, 0.15) is 0 Å². The van der Waals surface area contributed by atoms with Crippen LogP contribution in [0.3, 0.4) is 0 Å². The molecule has 0 unspecified atom stereocenters. The van der Waals surface area contributed by atoms with E-state index in [1.165, 1.54) is 65.3 Å². The summed E-state index contributed by atoms with van der Waals surface area (Å²) in [5, 5.41) is 11.1. The number of halogens is 2. The molecule has 6 aromatic carbocycles. The van der Waals surface area contributed by atoms with Crippen molar-refractivity contribution in [1.82, 2.24) is 0 Å². The maximum atomic E-state index is 2.30. The van der Waals surface area contributed by atoms with Gasteiger partial charge in [0.15, 0.2) is 0 Å². The van der Waals surface area contributed by atoms with Gasteiger partial charge in [-0.05, 0) is 13.8 Å². The van der Waals surface area contributed by atoms with Gasteiger partial charge in [0.25, 0.3) is 0 Å². The minimum Gasteiger partial charge on any atom is -1.00 e. The molecule has 0 aromatic heterocycles. The van der Waals surface area contributed by atoms with Crippen LogP contribution in [0, 0.1) is 27.7 Å². The second-order valence-electron chi connectivity index (χ2n) is 8.44. The Morgan fingerprint density at radius 3 is 1.18 bits per heavy atom. The van der Waals surface area contributed by atoms with E-state index in [1.54, 1.807) is 0 Å². The topological polar surface area (TPSA) is 0 Å². The molecule has 0 atom stereocenters. The third-order valence-electron chi connectivity index (χ3n) is 6.40. The molecule has 33 heavy (non-hydrogen) atoms. The SMILES string of the molecule is Cc1ccc(C)c2c1[cH-]c1ccccc12.Cc1ccc(C)c2c1[cH-]c1ccccc12.[Cl-].[Cl-].[Zr+4]. The van der Waals surface area contributed by atoms with E-state index < -0.39 is 0 Å². The molecule has 0 aliphatic rings. The summed E-state index contributed by atoms with van der Waals surface area (Å²) in [6.45, 7) is 8.74. The molecule has 6 aromatic rings. The van der Waals surface area contributed by atoms with E-state index in [0.717, 1.165) is 0 Å². The second kappa shape index (κ2) is 11.0. The molecule has 0 fully saturated rings. The molecule has 3 heteroatoms. The van der Waals surface area contributed by atoms with Crippen LogP contribution in [-0.4, -0.2) is 0 Å². The minimum atomic E-state index is 0. The molecule has 0 amide bonds. The standard InChI is InChI=1S/2C15H13.2ClH.Zr/c2*1-10-7-8-11(2)15-13-6-4-3-5-12(13)9-14(10)15;;;/h2*3-9H,1-2H3;2*1H;/q2*-1;;;+4/p-2. The molecule has 0 heterocycles. The molecule has 0 aliphatic heterocycles. The fourth-order valence-corrected chi connectivity index (χ4v) is 4.76. The van der Waals surface area contributed by atoms with Crippen LogP contribution in [0.25, 0.3) is 43.1 Å². The molecule has 164 valence electrons. The molecule has 0 nitrogen and oxygen atoms in total. The zero-order chi connectivity index (χ0) is 20.8. The van der Waals surface area contributed by atoms with Crippen LogP contribution in [0.5, 0.6) is 0 Å². The quantitative estimate of drug-likeness (QED) is 0.256. The fraction of sp³-hybridized carbons (Fsp3) is 0.133. The Kier molecular flexibility index (Phi) is 9.11. The molecular weight excluding hydrogens is 522 g/mol. The molecule has 0 bridgehead atoms. The largest absolute Gasteiger partial charge is 4.00 e. The van der Waals surface area contributed by atoms with Crippen molar-refractivity contribution < 1.29 is 51.0 Å². The van der Waals surface area contributed by atoms with Crippen molar-refractivity contribution in [2.45, 2.75) is 27.7 Å².